The van der Waals surface area contributed by atoms with Crippen LogP contribution in [0.5, 0.6) is 0 Å². The number of aliphatic hydroxyl groups excluding tert-OH is 1. The molecule has 0 bridgehead atoms. The van der Waals surface area contributed by atoms with E-state index in [9.17, 15) is 5.11 Å². The van der Waals surface area contributed by atoms with Crippen molar-refractivity contribution in [2.45, 2.75) is 33.3 Å². The largest absolute Gasteiger partial charge is 0.388 e. The van der Waals surface area contributed by atoms with Gasteiger partial charge in [-0.3, -0.25) is 0 Å². The summed E-state index contributed by atoms with van der Waals surface area (Å²) in [5.41, 5.74) is 10.0. The van der Waals surface area contributed by atoms with Crippen molar-refractivity contribution in [3.8, 4) is 0 Å². The second-order valence-electron chi connectivity index (χ2n) is 3.91. The van der Waals surface area contributed by atoms with Crippen LogP contribution >= 0.6 is 0 Å². The maximum absolute atomic E-state index is 9.89. The van der Waals surface area contributed by atoms with Gasteiger partial charge in [0.05, 0.1) is 6.10 Å². The molecule has 0 aliphatic carbocycles. The molecule has 0 saturated carbocycles. The molecule has 0 heterocycles. The Morgan fingerprint density at radius 2 is 1.71 bits per heavy atom. The lowest BCUT2D eigenvalue weighted by atomic mass is 9.94. The lowest BCUT2D eigenvalue weighted by Crippen LogP contribution is -2.09. The first-order valence-electron chi connectivity index (χ1n) is 5.02. The Labute approximate surface area is 85.8 Å². The molecule has 78 valence electrons. The van der Waals surface area contributed by atoms with Crippen LogP contribution in [0.1, 0.15) is 34.8 Å². The molecule has 0 aliphatic rings. The number of nitrogens with two attached hydrogens (primary N) is 1. The van der Waals surface area contributed by atoms with E-state index < -0.39 is 6.10 Å². The van der Waals surface area contributed by atoms with Gasteiger partial charge in [-0.2, -0.15) is 0 Å². The number of aliphatic hydroxyl groups is 1. The lowest BCUT2D eigenvalue weighted by Gasteiger charge is -2.16. The normalized spacial score (nSPS) is 12.9. The summed E-state index contributed by atoms with van der Waals surface area (Å²) >= 11 is 0. The highest BCUT2D eigenvalue weighted by atomic mass is 16.3. The van der Waals surface area contributed by atoms with Crippen molar-refractivity contribution in [3.63, 3.8) is 0 Å². The van der Waals surface area contributed by atoms with E-state index in [-0.39, 0.29) is 0 Å². The molecule has 3 N–H and O–H groups in total. The Balaban J connectivity index is 3.07. The molecule has 14 heavy (non-hydrogen) atoms. The second-order valence-corrected chi connectivity index (χ2v) is 3.91. The van der Waals surface area contributed by atoms with E-state index in [4.69, 9.17) is 5.73 Å². The zero-order valence-corrected chi connectivity index (χ0v) is 9.17. The maximum atomic E-state index is 9.89. The summed E-state index contributed by atoms with van der Waals surface area (Å²) in [7, 11) is 0. The highest BCUT2D eigenvalue weighted by molar-refractivity contribution is 5.38. The molecule has 1 atom stereocenters. The van der Waals surface area contributed by atoms with E-state index in [1.54, 1.807) is 0 Å². The van der Waals surface area contributed by atoms with Gasteiger partial charge in [-0.15, -0.1) is 0 Å². The van der Waals surface area contributed by atoms with Gasteiger partial charge in [0.2, 0.25) is 0 Å². The van der Waals surface area contributed by atoms with E-state index in [2.05, 4.69) is 19.1 Å². The number of hydrogen-bond donors (Lipinski definition) is 2. The maximum Gasteiger partial charge on any atom is 0.0807 e. The van der Waals surface area contributed by atoms with Crippen molar-refractivity contribution in [3.05, 3.63) is 34.4 Å². The van der Waals surface area contributed by atoms with Crippen molar-refractivity contribution in [2.24, 2.45) is 5.73 Å². The molecule has 0 aromatic heterocycles. The fourth-order valence-electron chi connectivity index (χ4n) is 2.02. The summed E-state index contributed by atoms with van der Waals surface area (Å²) < 4.78 is 0. The van der Waals surface area contributed by atoms with Crippen LogP contribution in [0.25, 0.3) is 0 Å². The molecular formula is C12H19NO. The first-order chi connectivity index (χ1) is 6.56. The monoisotopic (exact) mass is 193 g/mol. The molecule has 0 aliphatic heterocycles. The number of aryl methyl sites for hydroxylation is 3. The summed E-state index contributed by atoms with van der Waals surface area (Å²) in [5, 5.41) is 9.89. The van der Waals surface area contributed by atoms with Crippen molar-refractivity contribution < 1.29 is 5.11 Å². The third kappa shape index (κ3) is 2.34. The molecule has 0 unspecified atom stereocenters. The van der Waals surface area contributed by atoms with E-state index in [0.29, 0.717) is 13.0 Å². The van der Waals surface area contributed by atoms with Crippen LogP contribution in [0.3, 0.4) is 0 Å². The van der Waals surface area contributed by atoms with Gasteiger partial charge < -0.3 is 10.8 Å². The molecule has 0 fully saturated rings. The zero-order chi connectivity index (χ0) is 10.7. The van der Waals surface area contributed by atoms with Gasteiger partial charge in [-0.05, 0) is 50.4 Å². The fourth-order valence-corrected chi connectivity index (χ4v) is 2.02. The van der Waals surface area contributed by atoms with Crippen LogP contribution in [0.15, 0.2) is 12.1 Å². The highest BCUT2D eigenvalue weighted by Gasteiger charge is 2.12. The minimum Gasteiger partial charge on any atom is -0.388 e. The SMILES string of the molecule is Cc1cc(C)c([C@@H](O)CCN)c(C)c1. The Morgan fingerprint density at radius 1 is 1.21 bits per heavy atom. The third-order valence-electron chi connectivity index (χ3n) is 2.51. The summed E-state index contributed by atoms with van der Waals surface area (Å²) in [4.78, 5) is 0. The van der Waals surface area contributed by atoms with Gasteiger partial charge in [0, 0.05) is 0 Å². The van der Waals surface area contributed by atoms with Gasteiger partial charge in [0.1, 0.15) is 0 Å². The first kappa shape index (κ1) is 11.2. The standard InChI is InChI=1S/C12H19NO/c1-8-6-9(2)12(10(3)7-8)11(14)4-5-13/h6-7,11,14H,4-5,13H2,1-3H3/t11-/m0/s1. The fraction of sp³-hybridized carbons (Fsp3) is 0.500. The average molecular weight is 193 g/mol. The topological polar surface area (TPSA) is 46.2 Å². The van der Waals surface area contributed by atoms with Crippen LogP contribution in [-0.4, -0.2) is 11.7 Å². The van der Waals surface area contributed by atoms with Crippen LogP contribution in [-0.2, 0) is 0 Å². The van der Waals surface area contributed by atoms with E-state index >= 15 is 0 Å². The Morgan fingerprint density at radius 3 is 2.14 bits per heavy atom. The Hall–Kier alpha value is -0.860. The Bertz CT molecular complexity index is 297. The summed E-state index contributed by atoms with van der Waals surface area (Å²) in [6.45, 7) is 6.66. The summed E-state index contributed by atoms with van der Waals surface area (Å²) in [6, 6.07) is 4.20. The predicted octanol–water partition coefficient (Wildman–Crippen LogP) is 1.99. The average Bonchev–Trinajstić information content (AvgIpc) is 2.01. The number of rotatable bonds is 3. The van der Waals surface area contributed by atoms with E-state index in [0.717, 1.165) is 16.7 Å². The van der Waals surface area contributed by atoms with Crippen molar-refractivity contribution in [1.29, 1.82) is 0 Å². The molecule has 0 radical (unpaired) electrons. The smallest absolute Gasteiger partial charge is 0.0807 e. The molecule has 2 nitrogen and oxygen atoms in total. The minimum absolute atomic E-state index is 0.416. The molecule has 2 heteroatoms. The van der Waals surface area contributed by atoms with Gasteiger partial charge in [-0.1, -0.05) is 17.7 Å². The quantitative estimate of drug-likeness (QED) is 0.771. The summed E-state index contributed by atoms with van der Waals surface area (Å²) in [6.07, 6.45) is 0.214. The lowest BCUT2D eigenvalue weighted by molar-refractivity contribution is 0.169. The molecule has 1 rings (SSSR count). The van der Waals surface area contributed by atoms with Crippen LogP contribution in [0.2, 0.25) is 0 Å². The van der Waals surface area contributed by atoms with Crippen molar-refractivity contribution in [1.82, 2.24) is 0 Å². The molecule has 0 spiro atoms. The Kier molecular flexibility index (Phi) is 3.67. The molecule has 0 amide bonds. The predicted molar refractivity (Wildman–Crippen MR) is 59.3 cm³/mol. The number of hydrogen-bond acceptors (Lipinski definition) is 2. The molecule has 0 saturated heterocycles. The molecular weight excluding hydrogens is 174 g/mol. The number of benzene rings is 1. The van der Waals surface area contributed by atoms with E-state index in [1.807, 2.05) is 13.8 Å². The van der Waals surface area contributed by atoms with Crippen molar-refractivity contribution >= 4 is 0 Å². The van der Waals surface area contributed by atoms with Gasteiger partial charge in [-0.25, -0.2) is 0 Å². The molecule has 1 aromatic rings. The molecule has 1 aromatic carbocycles. The van der Waals surface area contributed by atoms with Crippen molar-refractivity contribution in [2.75, 3.05) is 6.54 Å². The minimum atomic E-state index is -0.416. The van der Waals surface area contributed by atoms with Gasteiger partial charge in [0.25, 0.3) is 0 Å². The summed E-state index contributed by atoms with van der Waals surface area (Å²) in [5.74, 6) is 0. The van der Waals surface area contributed by atoms with Crippen LogP contribution in [0.4, 0.5) is 0 Å². The van der Waals surface area contributed by atoms with Gasteiger partial charge >= 0.3 is 0 Å². The highest BCUT2D eigenvalue weighted by Crippen LogP contribution is 2.25. The second kappa shape index (κ2) is 4.58. The zero-order valence-electron chi connectivity index (χ0n) is 9.17. The van der Waals surface area contributed by atoms with Gasteiger partial charge in [0.15, 0.2) is 0 Å². The van der Waals surface area contributed by atoms with E-state index in [1.165, 1.54) is 5.56 Å². The van der Waals surface area contributed by atoms with Crippen LogP contribution in [0, 0.1) is 20.8 Å². The first-order valence-corrected chi connectivity index (χ1v) is 5.02. The third-order valence-corrected chi connectivity index (χ3v) is 2.51. The van der Waals surface area contributed by atoms with Crippen LogP contribution < -0.4 is 5.73 Å².